The first-order chi connectivity index (χ1) is 11.5. The molecule has 0 bridgehead atoms. The van der Waals surface area contributed by atoms with Crippen LogP contribution in [0.25, 0.3) is 0 Å². The molecular weight excluding hydrogens is 334 g/mol. The fourth-order valence-corrected chi connectivity index (χ4v) is 2.00. The van der Waals surface area contributed by atoms with Crippen molar-refractivity contribution < 1.29 is 27.8 Å². The van der Waals surface area contributed by atoms with Gasteiger partial charge in [0.1, 0.15) is 17.4 Å². The van der Waals surface area contributed by atoms with Gasteiger partial charge >= 0.3 is 12.7 Å². The first-order valence-corrected chi connectivity index (χ1v) is 7.76. The Labute approximate surface area is 146 Å². The van der Waals surface area contributed by atoms with E-state index in [9.17, 15) is 18.4 Å². The molecule has 0 saturated carbocycles. The molecule has 0 aliphatic rings. The normalized spacial score (nSPS) is 12.5. The SMILES string of the molecule is CC(NC(=O)OC(C)(C)C)C(=O)N(C)Cc1ccc(OC(F)F)cc1. The summed E-state index contributed by atoms with van der Waals surface area (Å²) in [6.45, 7) is 4.12. The second kappa shape index (κ2) is 8.64. The Bertz CT molecular complexity index is 585. The molecule has 0 heterocycles. The number of nitrogens with zero attached hydrogens (tertiary/aromatic N) is 1. The van der Waals surface area contributed by atoms with Gasteiger partial charge in [-0.1, -0.05) is 12.1 Å². The quantitative estimate of drug-likeness (QED) is 0.848. The van der Waals surface area contributed by atoms with Crippen LogP contribution >= 0.6 is 0 Å². The lowest BCUT2D eigenvalue weighted by Gasteiger charge is -2.24. The Morgan fingerprint density at radius 3 is 2.24 bits per heavy atom. The van der Waals surface area contributed by atoms with Crippen molar-refractivity contribution in [1.82, 2.24) is 10.2 Å². The van der Waals surface area contributed by atoms with Gasteiger partial charge in [0.2, 0.25) is 5.91 Å². The molecule has 0 aliphatic heterocycles. The molecule has 1 aromatic rings. The minimum absolute atomic E-state index is 0.0488. The Balaban J connectivity index is 2.56. The maximum atomic E-state index is 12.3. The van der Waals surface area contributed by atoms with Gasteiger partial charge in [0, 0.05) is 13.6 Å². The topological polar surface area (TPSA) is 67.9 Å². The zero-order valence-electron chi connectivity index (χ0n) is 15.0. The molecule has 0 saturated heterocycles. The van der Waals surface area contributed by atoms with Gasteiger partial charge in [0.25, 0.3) is 0 Å². The third-order valence-corrected chi connectivity index (χ3v) is 3.05. The highest BCUT2D eigenvalue weighted by molar-refractivity contribution is 5.85. The Morgan fingerprint density at radius 2 is 1.76 bits per heavy atom. The van der Waals surface area contributed by atoms with Crippen molar-refractivity contribution in [3.8, 4) is 5.75 Å². The highest BCUT2D eigenvalue weighted by Gasteiger charge is 2.23. The molecule has 0 aromatic heterocycles. The molecule has 0 radical (unpaired) electrons. The molecule has 1 aromatic carbocycles. The molecule has 1 unspecified atom stereocenters. The number of amides is 2. The molecule has 1 rings (SSSR count). The van der Waals surface area contributed by atoms with E-state index < -0.39 is 24.3 Å². The van der Waals surface area contributed by atoms with Gasteiger partial charge in [0.15, 0.2) is 0 Å². The van der Waals surface area contributed by atoms with Gasteiger partial charge in [-0.05, 0) is 45.4 Å². The van der Waals surface area contributed by atoms with Crippen LogP contribution in [-0.4, -0.2) is 42.2 Å². The molecule has 0 spiro atoms. The van der Waals surface area contributed by atoms with Crippen LogP contribution in [0.15, 0.2) is 24.3 Å². The van der Waals surface area contributed by atoms with Crippen LogP contribution in [0.2, 0.25) is 0 Å². The lowest BCUT2D eigenvalue weighted by Crippen LogP contribution is -2.46. The number of ether oxygens (including phenoxy) is 2. The number of hydrogen-bond donors (Lipinski definition) is 1. The van der Waals surface area contributed by atoms with Crippen LogP contribution in [-0.2, 0) is 16.1 Å². The van der Waals surface area contributed by atoms with Crippen molar-refractivity contribution in [3.05, 3.63) is 29.8 Å². The van der Waals surface area contributed by atoms with E-state index in [1.807, 2.05) is 0 Å². The number of carbonyl (C=O) groups is 2. The Kier molecular flexibility index (Phi) is 7.14. The van der Waals surface area contributed by atoms with Crippen LogP contribution in [0.1, 0.15) is 33.3 Å². The number of rotatable bonds is 6. The number of likely N-dealkylation sites (N-methyl/N-ethyl adjacent to an activating group) is 1. The first kappa shape index (κ1) is 20.7. The van der Waals surface area contributed by atoms with Crippen molar-refractivity contribution in [3.63, 3.8) is 0 Å². The molecule has 0 fully saturated rings. The monoisotopic (exact) mass is 358 g/mol. The van der Waals surface area contributed by atoms with Crippen LogP contribution < -0.4 is 10.1 Å². The molecule has 1 N–H and O–H groups in total. The first-order valence-electron chi connectivity index (χ1n) is 7.76. The molecule has 8 heteroatoms. The highest BCUT2D eigenvalue weighted by Crippen LogP contribution is 2.16. The van der Waals surface area contributed by atoms with E-state index in [0.717, 1.165) is 5.56 Å². The average molecular weight is 358 g/mol. The number of halogens is 2. The highest BCUT2D eigenvalue weighted by atomic mass is 19.3. The summed E-state index contributed by atoms with van der Waals surface area (Å²) in [7, 11) is 1.58. The lowest BCUT2D eigenvalue weighted by molar-refractivity contribution is -0.132. The van der Waals surface area contributed by atoms with Gasteiger partial charge in [-0.15, -0.1) is 0 Å². The van der Waals surface area contributed by atoms with Crippen LogP contribution in [0, 0.1) is 0 Å². The number of carbonyl (C=O) groups excluding carboxylic acids is 2. The lowest BCUT2D eigenvalue weighted by atomic mass is 10.2. The second-order valence-electron chi connectivity index (χ2n) is 6.58. The van der Waals surface area contributed by atoms with E-state index in [4.69, 9.17) is 4.74 Å². The number of alkyl halides is 2. The predicted octanol–water partition coefficient (Wildman–Crippen LogP) is 3.16. The molecule has 1 atom stereocenters. The minimum atomic E-state index is -2.88. The number of benzene rings is 1. The van der Waals surface area contributed by atoms with Crippen molar-refractivity contribution >= 4 is 12.0 Å². The van der Waals surface area contributed by atoms with Crippen LogP contribution in [0.4, 0.5) is 13.6 Å². The van der Waals surface area contributed by atoms with E-state index in [1.165, 1.54) is 17.0 Å². The fraction of sp³-hybridized carbons (Fsp3) is 0.529. The third kappa shape index (κ3) is 7.82. The third-order valence-electron chi connectivity index (χ3n) is 3.05. The van der Waals surface area contributed by atoms with Gasteiger partial charge in [-0.25, -0.2) is 4.79 Å². The van der Waals surface area contributed by atoms with Crippen LogP contribution in [0.5, 0.6) is 5.75 Å². The van der Waals surface area contributed by atoms with Crippen LogP contribution in [0.3, 0.4) is 0 Å². The summed E-state index contributed by atoms with van der Waals surface area (Å²) in [4.78, 5) is 25.4. The summed E-state index contributed by atoms with van der Waals surface area (Å²) >= 11 is 0. The Hall–Kier alpha value is -2.38. The zero-order chi connectivity index (χ0) is 19.2. The van der Waals surface area contributed by atoms with Crippen molar-refractivity contribution in [2.24, 2.45) is 0 Å². The molecule has 6 nitrogen and oxygen atoms in total. The number of hydrogen-bond acceptors (Lipinski definition) is 4. The Morgan fingerprint density at radius 1 is 1.20 bits per heavy atom. The largest absolute Gasteiger partial charge is 0.444 e. The summed E-state index contributed by atoms with van der Waals surface area (Å²) in [6.07, 6.45) is -0.671. The average Bonchev–Trinajstić information content (AvgIpc) is 2.45. The van der Waals surface area contributed by atoms with Crippen molar-refractivity contribution in [1.29, 1.82) is 0 Å². The maximum Gasteiger partial charge on any atom is 0.408 e. The molecule has 25 heavy (non-hydrogen) atoms. The van der Waals surface area contributed by atoms with E-state index >= 15 is 0 Å². The van der Waals surface area contributed by atoms with Gasteiger partial charge < -0.3 is 19.7 Å². The minimum Gasteiger partial charge on any atom is -0.444 e. The molecule has 2 amide bonds. The molecule has 140 valence electrons. The predicted molar refractivity (Wildman–Crippen MR) is 88.4 cm³/mol. The summed E-state index contributed by atoms with van der Waals surface area (Å²) in [6, 6.07) is 5.23. The molecule has 0 aliphatic carbocycles. The molecular formula is C17H24F2N2O4. The summed E-state index contributed by atoms with van der Waals surface area (Å²) in [5.41, 5.74) is 0.0859. The van der Waals surface area contributed by atoms with Crippen molar-refractivity contribution in [2.45, 2.75) is 52.5 Å². The van der Waals surface area contributed by atoms with E-state index in [-0.39, 0.29) is 18.2 Å². The van der Waals surface area contributed by atoms with Gasteiger partial charge in [0.05, 0.1) is 0 Å². The summed E-state index contributed by atoms with van der Waals surface area (Å²) in [5.74, 6) is -0.258. The summed E-state index contributed by atoms with van der Waals surface area (Å²) in [5, 5.41) is 2.48. The second-order valence-corrected chi connectivity index (χ2v) is 6.58. The van der Waals surface area contributed by atoms with E-state index in [2.05, 4.69) is 10.1 Å². The zero-order valence-corrected chi connectivity index (χ0v) is 15.0. The van der Waals surface area contributed by atoms with E-state index in [1.54, 1.807) is 46.9 Å². The standard InChI is InChI=1S/C17H24F2N2O4/c1-11(20-16(23)25-17(2,3)4)14(22)21(5)10-12-6-8-13(9-7-12)24-15(18)19/h6-9,11,15H,10H2,1-5H3,(H,20,23). The number of nitrogens with one attached hydrogen (secondary N) is 1. The summed E-state index contributed by atoms with van der Waals surface area (Å²) < 4.78 is 33.6. The van der Waals surface area contributed by atoms with Gasteiger partial charge in [-0.2, -0.15) is 8.78 Å². The maximum absolute atomic E-state index is 12.3. The van der Waals surface area contributed by atoms with Gasteiger partial charge in [-0.3, -0.25) is 4.79 Å². The number of alkyl carbamates (subject to hydrolysis) is 1. The smallest absolute Gasteiger partial charge is 0.408 e. The van der Waals surface area contributed by atoms with E-state index in [0.29, 0.717) is 0 Å². The fourth-order valence-electron chi connectivity index (χ4n) is 2.00. The van der Waals surface area contributed by atoms with Crippen molar-refractivity contribution in [2.75, 3.05) is 7.05 Å².